The molecule has 2 fully saturated rings. The molecule has 0 aliphatic carbocycles. The highest BCUT2D eigenvalue weighted by Crippen LogP contribution is 2.39. The predicted molar refractivity (Wildman–Crippen MR) is 117 cm³/mol. The van der Waals surface area contributed by atoms with Crippen molar-refractivity contribution >= 4 is 46.5 Å². The zero-order valence-electron chi connectivity index (χ0n) is 17.3. The van der Waals surface area contributed by atoms with Crippen LogP contribution in [0.2, 0.25) is 5.02 Å². The number of methoxy groups -OCH3 is 1. The van der Waals surface area contributed by atoms with E-state index in [9.17, 15) is 14.4 Å². The van der Waals surface area contributed by atoms with Crippen molar-refractivity contribution in [1.82, 2.24) is 9.80 Å². The SMILES string of the molecule is CC[C@@H](C)Oc1c(Cl)cc(/C=C2/SC(=O)N(CC(=O)N3CCCC3)C2=O)cc1OC. The quantitative estimate of drug-likeness (QED) is 0.577. The van der Waals surface area contributed by atoms with Crippen LogP contribution in [-0.2, 0) is 9.59 Å². The summed E-state index contributed by atoms with van der Waals surface area (Å²) >= 11 is 7.19. The highest BCUT2D eigenvalue weighted by molar-refractivity contribution is 8.18. The van der Waals surface area contributed by atoms with E-state index in [4.69, 9.17) is 21.1 Å². The van der Waals surface area contributed by atoms with Gasteiger partial charge in [-0.3, -0.25) is 19.3 Å². The number of carbonyl (C=O) groups excluding carboxylic acids is 3. The standard InChI is InChI=1S/C21H25ClN2O5S/c1-4-13(2)29-19-15(22)9-14(10-16(19)28-3)11-17-20(26)24(21(27)30-17)12-18(25)23-7-5-6-8-23/h9-11,13H,4-8,12H2,1-3H3/b17-11+/t13-/m1/s1. The number of carbonyl (C=O) groups is 3. The summed E-state index contributed by atoms with van der Waals surface area (Å²) in [5.41, 5.74) is 0.602. The molecule has 0 N–H and O–H groups in total. The average Bonchev–Trinajstić information content (AvgIpc) is 3.34. The van der Waals surface area contributed by atoms with Crippen LogP contribution >= 0.6 is 23.4 Å². The van der Waals surface area contributed by atoms with Gasteiger partial charge in [-0.05, 0) is 61.7 Å². The van der Waals surface area contributed by atoms with Gasteiger partial charge in [-0.15, -0.1) is 0 Å². The molecule has 3 amide bonds. The maximum Gasteiger partial charge on any atom is 0.294 e. The zero-order chi connectivity index (χ0) is 21.8. The molecule has 2 aliphatic rings. The maximum atomic E-state index is 12.7. The second-order valence-corrected chi connectivity index (χ2v) is 8.63. The van der Waals surface area contributed by atoms with E-state index in [1.165, 1.54) is 7.11 Å². The summed E-state index contributed by atoms with van der Waals surface area (Å²) in [7, 11) is 1.51. The number of rotatable bonds is 7. The number of amides is 3. The van der Waals surface area contributed by atoms with Crippen molar-refractivity contribution in [3.8, 4) is 11.5 Å². The van der Waals surface area contributed by atoms with Gasteiger partial charge in [-0.1, -0.05) is 18.5 Å². The molecule has 0 saturated carbocycles. The van der Waals surface area contributed by atoms with Gasteiger partial charge in [0.1, 0.15) is 6.54 Å². The molecule has 0 bridgehead atoms. The Labute approximate surface area is 185 Å². The van der Waals surface area contributed by atoms with Crippen LogP contribution in [0, 0.1) is 0 Å². The fraction of sp³-hybridized carbons (Fsp3) is 0.476. The van der Waals surface area contributed by atoms with E-state index in [-0.39, 0.29) is 23.5 Å². The summed E-state index contributed by atoms with van der Waals surface area (Å²) in [5, 5.41) is -0.0991. The van der Waals surface area contributed by atoms with Crippen LogP contribution in [0.5, 0.6) is 11.5 Å². The molecule has 0 unspecified atom stereocenters. The average molecular weight is 453 g/mol. The third kappa shape index (κ3) is 4.92. The minimum Gasteiger partial charge on any atom is -0.493 e. The molecule has 9 heteroatoms. The van der Waals surface area contributed by atoms with Crippen molar-refractivity contribution in [3.63, 3.8) is 0 Å². The molecular weight excluding hydrogens is 428 g/mol. The van der Waals surface area contributed by atoms with Gasteiger partial charge in [0.15, 0.2) is 11.5 Å². The third-order valence-electron chi connectivity index (χ3n) is 5.07. The molecule has 7 nitrogen and oxygen atoms in total. The smallest absolute Gasteiger partial charge is 0.294 e. The highest BCUT2D eigenvalue weighted by atomic mass is 35.5. The van der Waals surface area contributed by atoms with Gasteiger partial charge >= 0.3 is 0 Å². The minimum absolute atomic E-state index is 0.0353. The lowest BCUT2D eigenvalue weighted by molar-refractivity contribution is -0.135. The first kappa shape index (κ1) is 22.5. The lowest BCUT2D eigenvalue weighted by Crippen LogP contribution is -2.40. The molecular formula is C21H25ClN2O5S. The Balaban J connectivity index is 1.79. The Kier molecular flexibility index (Phi) is 7.31. The van der Waals surface area contributed by atoms with Gasteiger partial charge in [0, 0.05) is 13.1 Å². The summed E-state index contributed by atoms with van der Waals surface area (Å²) < 4.78 is 11.2. The molecule has 0 radical (unpaired) electrons. The molecule has 30 heavy (non-hydrogen) atoms. The van der Waals surface area contributed by atoms with Gasteiger partial charge in [0.05, 0.1) is 23.1 Å². The van der Waals surface area contributed by atoms with Crippen LogP contribution in [0.25, 0.3) is 6.08 Å². The fourth-order valence-electron chi connectivity index (χ4n) is 3.21. The van der Waals surface area contributed by atoms with E-state index in [1.807, 2.05) is 13.8 Å². The highest BCUT2D eigenvalue weighted by Gasteiger charge is 2.37. The second kappa shape index (κ2) is 9.75. The Bertz CT molecular complexity index is 882. The molecule has 1 atom stereocenters. The summed E-state index contributed by atoms with van der Waals surface area (Å²) in [5.74, 6) is 0.201. The van der Waals surface area contributed by atoms with E-state index in [0.29, 0.717) is 35.2 Å². The van der Waals surface area contributed by atoms with Crippen molar-refractivity contribution in [1.29, 1.82) is 0 Å². The van der Waals surface area contributed by atoms with Crippen LogP contribution < -0.4 is 9.47 Å². The fourth-order valence-corrected chi connectivity index (χ4v) is 4.31. The number of benzene rings is 1. The number of hydrogen-bond acceptors (Lipinski definition) is 6. The molecule has 162 valence electrons. The molecule has 0 spiro atoms. The Morgan fingerprint density at radius 1 is 1.30 bits per heavy atom. The summed E-state index contributed by atoms with van der Waals surface area (Å²) in [6, 6.07) is 3.36. The van der Waals surface area contributed by atoms with Crippen LogP contribution in [0.1, 0.15) is 38.7 Å². The molecule has 1 aromatic rings. The third-order valence-corrected chi connectivity index (χ3v) is 6.26. The first-order chi connectivity index (χ1) is 14.3. The van der Waals surface area contributed by atoms with E-state index in [0.717, 1.165) is 35.9 Å². The van der Waals surface area contributed by atoms with Crippen molar-refractivity contribution < 1.29 is 23.9 Å². The number of thioether (sulfide) groups is 1. The number of imide groups is 1. The molecule has 1 aromatic carbocycles. The van der Waals surface area contributed by atoms with Gasteiger partial charge in [-0.25, -0.2) is 0 Å². The summed E-state index contributed by atoms with van der Waals surface area (Å²) in [6.07, 6.45) is 4.25. The van der Waals surface area contributed by atoms with Crippen molar-refractivity contribution in [3.05, 3.63) is 27.6 Å². The topological polar surface area (TPSA) is 76.2 Å². The molecule has 2 aliphatic heterocycles. The number of nitrogens with zero attached hydrogens (tertiary/aromatic N) is 2. The van der Waals surface area contributed by atoms with E-state index < -0.39 is 11.1 Å². The normalized spacial score (nSPS) is 19.0. The lowest BCUT2D eigenvalue weighted by Gasteiger charge is -2.18. The van der Waals surface area contributed by atoms with Crippen LogP contribution in [0.15, 0.2) is 17.0 Å². The zero-order valence-corrected chi connectivity index (χ0v) is 18.8. The largest absolute Gasteiger partial charge is 0.493 e. The molecule has 0 aromatic heterocycles. The maximum absolute atomic E-state index is 12.7. The number of halogens is 1. The molecule has 2 saturated heterocycles. The second-order valence-electron chi connectivity index (χ2n) is 7.23. The molecule has 3 rings (SSSR count). The van der Waals surface area contributed by atoms with Crippen molar-refractivity contribution in [2.45, 2.75) is 39.2 Å². The minimum atomic E-state index is -0.479. The Morgan fingerprint density at radius 3 is 2.63 bits per heavy atom. The lowest BCUT2D eigenvalue weighted by atomic mass is 10.1. The first-order valence-corrected chi connectivity index (χ1v) is 11.1. The van der Waals surface area contributed by atoms with Crippen molar-refractivity contribution in [2.75, 3.05) is 26.7 Å². The van der Waals surface area contributed by atoms with Crippen LogP contribution in [-0.4, -0.2) is 59.7 Å². The number of ether oxygens (including phenoxy) is 2. The van der Waals surface area contributed by atoms with Crippen molar-refractivity contribution in [2.24, 2.45) is 0 Å². The Morgan fingerprint density at radius 2 is 2.00 bits per heavy atom. The summed E-state index contributed by atoms with van der Waals surface area (Å²) in [6.45, 7) is 5.06. The van der Waals surface area contributed by atoms with E-state index in [2.05, 4.69) is 0 Å². The number of hydrogen-bond donors (Lipinski definition) is 0. The predicted octanol–water partition coefficient (Wildman–Crippen LogP) is 4.18. The van der Waals surface area contributed by atoms with E-state index in [1.54, 1.807) is 23.1 Å². The summed E-state index contributed by atoms with van der Waals surface area (Å²) in [4.78, 5) is 40.3. The van der Waals surface area contributed by atoms with E-state index >= 15 is 0 Å². The monoisotopic (exact) mass is 452 g/mol. The molecule has 2 heterocycles. The number of likely N-dealkylation sites (tertiary alicyclic amines) is 1. The van der Waals surface area contributed by atoms with Gasteiger partial charge in [0.25, 0.3) is 11.1 Å². The van der Waals surface area contributed by atoms with Crippen LogP contribution in [0.4, 0.5) is 4.79 Å². The first-order valence-electron chi connectivity index (χ1n) is 9.91. The van der Waals surface area contributed by atoms with Gasteiger partial charge in [-0.2, -0.15) is 0 Å². The van der Waals surface area contributed by atoms with Gasteiger partial charge in [0.2, 0.25) is 5.91 Å². The van der Waals surface area contributed by atoms with Gasteiger partial charge < -0.3 is 14.4 Å². The Hall–Kier alpha value is -2.19. The van der Waals surface area contributed by atoms with Crippen LogP contribution in [0.3, 0.4) is 0 Å².